The zero-order chi connectivity index (χ0) is 18.7. The molecule has 133 valence electrons. The molecule has 0 heterocycles. The van der Waals surface area contributed by atoms with E-state index >= 15 is 0 Å². The van der Waals surface area contributed by atoms with Gasteiger partial charge in [-0.3, -0.25) is 4.99 Å². The Bertz CT molecular complexity index is 684. The number of rotatable bonds is 5. The first-order valence-electron chi connectivity index (χ1n) is 7.85. The quantitative estimate of drug-likeness (QED) is 0.286. The molecule has 0 amide bonds. The van der Waals surface area contributed by atoms with Gasteiger partial charge in [0.1, 0.15) is 0 Å². The second-order valence-electron chi connectivity index (χ2n) is 6.33. The summed E-state index contributed by atoms with van der Waals surface area (Å²) in [4.78, 5) is 9.63. The van der Waals surface area contributed by atoms with Gasteiger partial charge >= 0.3 is 39.7 Å². The Morgan fingerprint density at radius 1 is 0.960 bits per heavy atom. The molecule has 0 saturated heterocycles. The van der Waals surface area contributed by atoms with E-state index < -0.39 is 8.24 Å². The number of nitrogens with zero attached hydrogens (tertiary/aromatic N) is 2. The van der Waals surface area contributed by atoms with Gasteiger partial charge in [0.15, 0.2) is 0 Å². The summed E-state index contributed by atoms with van der Waals surface area (Å²) in [5.41, 5.74) is 4.10. The van der Waals surface area contributed by atoms with Crippen molar-refractivity contribution >= 4 is 53.4 Å². The van der Waals surface area contributed by atoms with Crippen LogP contribution in [0.1, 0.15) is 12.5 Å². The Labute approximate surface area is 173 Å². The third-order valence-electron chi connectivity index (χ3n) is 2.93. The Morgan fingerprint density at radius 3 is 1.92 bits per heavy atom. The molecule has 0 N–H and O–H groups in total. The summed E-state index contributed by atoms with van der Waals surface area (Å²) >= 11 is 6.75. The van der Waals surface area contributed by atoms with Crippen molar-refractivity contribution < 1.29 is 11.6 Å². The first-order chi connectivity index (χ1) is 11.9. The Hall–Kier alpha value is -0.641. The molecule has 25 heavy (non-hydrogen) atoms. The van der Waals surface area contributed by atoms with Crippen molar-refractivity contribution in [1.29, 1.82) is 0 Å². The van der Waals surface area contributed by atoms with E-state index in [0.717, 1.165) is 22.7 Å². The van der Waals surface area contributed by atoms with Gasteiger partial charge < -0.3 is 4.98 Å². The third kappa shape index (κ3) is 10.2. The summed E-state index contributed by atoms with van der Waals surface area (Å²) in [5.74, 6) is 0. The van der Waals surface area contributed by atoms with E-state index in [2.05, 4.69) is 70.9 Å². The van der Waals surface area contributed by atoms with Gasteiger partial charge in [0, 0.05) is 5.71 Å². The molecule has 0 aliphatic carbocycles. The summed E-state index contributed by atoms with van der Waals surface area (Å²) in [6.45, 7) is 8.75. The maximum atomic E-state index is 4.98. The SMILES string of the molecule is CC(/C=C(\[N-][Si](C)(C)C)c1ccccc1)=Nc1ccccc1.[Br][Cr+][Br]. The number of para-hydroxylation sites is 1. The molecule has 0 spiro atoms. The third-order valence-corrected chi connectivity index (χ3v) is 3.84. The first-order valence-corrected chi connectivity index (χ1v) is 17.6. The van der Waals surface area contributed by atoms with Crippen LogP contribution >= 0.6 is 28.1 Å². The molecular formula is C19H23Br2CrN2Si. The molecule has 2 aromatic carbocycles. The predicted octanol–water partition coefficient (Wildman–Crippen LogP) is 7.72. The van der Waals surface area contributed by atoms with E-state index in [0.29, 0.717) is 11.6 Å². The Morgan fingerprint density at radius 2 is 1.44 bits per heavy atom. The van der Waals surface area contributed by atoms with Gasteiger partial charge in [-0.2, -0.15) is 0 Å². The van der Waals surface area contributed by atoms with Crippen LogP contribution in [0.4, 0.5) is 5.69 Å². The van der Waals surface area contributed by atoms with Crippen molar-refractivity contribution in [1.82, 2.24) is 0 Å². The number of hydrogen-bond acceptors (Lipinski definition) is 1. The average Bonchev–Trinajstić information content (AvgIpc) is 2.55. The molecule has 0 bridgehead atoms. The van der Waals surface area contributed by atoms with Gasteiger partial charge in [-0.1, -0.05) is 74.2 Å². The molecule has 6 heteroatoms. The van der Waals surface area contributed by atoms with Gasteiger partial charge in [-0.15, -0.1) is 5.70 Å². The van der Waals surface area contributed by atoms with Gasteiger partial charge in [-0.05, 0) is 32.9 Å². The van der Waals surface area contributed by atoms with Crippen molar-refractivity contribution in [3.8, 4) is 0 Å². The molecule has 0 unspecified atom stereocenters. The number of aliphatic imine (C=N–C) groups is 1. The van der Waals surface area contributed by atoms with Crippen LogP contribution in [0, 0.1) is 0 Å². The van der Waals surface area contributed by atoms with Crippen molar-refractivity contribution in [3.05, 3.63) is 77.3 Å². The average molecular weight is 519 g/mol. The van der Waals surface area contributed by atoms with E-state index in [9.17, 15) is 0 Å². The topological polar surface area (TPSA) is 26.5 Å². The number of benzene rings is 2. The van der Waals surface area contributed by atoms with Crippen LogP contribution in [0.25, 0.3) is 10.7 Å². The van der Waals surface area contributed by atoms with E-state index in [1.54, 1.807) is 0 Å². The molecule has 0 aromatic heterocycles. The van der Waals surface area contributed by atoms with Gasteiger partial charge in [-0.25, -0.2) is 0 Å². The van der Waals surface area contributed by atoms with Crippen molar-refractivity contribution in [2.75, 3.05) is 0 Å². The van der Waals surface area contributed by atoms with Crippen LogP contribution in [0.2, 0.25) is 19.6 Å². The Kier molecular flexibility index (Phi) is 10.6. The van der Waals surface area contributed by atoms with Crippen LogP contribution in [0.3, 0.4) is 0 Å². The second kappa shape index (κ2) is 11.9. The maximum absolute atomic E-state index is 4.98. The molecule has 0 aliphatic heterocycles. The van der Waals surface area contributed by atoms with Gasteiger partial charge in [0.25, 0.3) is 0 Å². The normalized spacial score (nSPS) is 12.1. The second-order valence-corrected chi connectivity index (χ2v) is 17.3. The van der Waals surface area contributed by atoms with E-state index in [1.165, 1.54) is 0 Å². The minimum absolute atomic E-state index is 0.500. The fourth-order valence-electron chi connectivity index (χ4n) is 2.09. The van der Waals surface area contributed by atoms with Crippen molar-refractivity contribution in [2.24, 2.45) is 4.99 Å². The summed E-state index contributed by atoms with van der Waals surface area (Å²) in [5, 5.41) is 0. The molecule has 2 nitrogen and oxygen atoms in total. The monoisotopic (exact) mass is 517 g/mol. The zero-order valence-electron chi connectivity index (χ0n) is 14.9. The van der Waals surface area contributed by atoms with E-state index in [1.807, 2.05) is 55.5 Å². The Balaban J connectivity index is 0.000000970. The van der Waals surface area contributed by atoms with Gasteiger partial charge in [0.2, 0.25) is 0 Å². The molecule has 2 aromatic rings. The first kappa shape index (κ1) is 22.4. The van der Waals surface area contributed by atoms with Crippen LogP contribution < -0.4 is 0 Å². The minimum atomic E-state index is -1.56. The molecule has 0 aliphatic rings. The summed E-state index contributed by atoms with van der Waals surface area (Å²) in [6, 6.07) is 20.3. The molecule has 2 rings (SSSR count). The van der Waals surface area contributed by atoms with Crippen LogP contribution in [-0.2, 0) is 11.6 Å². The molecule has 0 saturated carbocycles. The molecule has 0 atom stereocenters. The van der Waals surface area contributed by atoms with Crippen molar-refractivity contribution in [2.45, 2.75) is 26.6 Å². The van der Waals surface area contributed by atoms with E-state index in [-0.39, 0.29) is 0 Å². The zero-order valence-corrected chi connectivity index (χ0v) is 20.4. The van der Waals surface area contributed by atoms with E-state index in [4.69, 9.17) is 4.98 Å². The molecule has 0 radical (unpaired) electrons. The van der Waals surface area contributed by atoms with Crippen LogP contribution in [0.5, 0.6) is 0 Å². The van der Waals surface area contributed by atoms with Crippen molar-refractivity contribution in [3.63, 3.8) is 0 Å². The standard InChI is InChI=1S/C19H23N2Si.2BrH.Cr/c1-16(20-18-13-9-6-10-14-18)15-19(21-22(2,3)4)17-11-7-5-8-12-17;;;/h5-15H,1-4H3;2*1H;/q-1;;;+3/p-2/b19-15-,20-16?;;;. The molecular weight excluding hydrogens is 496 g/mol. The summed E-state index contributed by atoms with van der Waals surface area (Å²) < 4.78 is 0. The molecule has 0 fully saturated rings. The fraction of sp³-hybridized carbons (Fsp3) is 0.211. The summed E-state index contributed by atoms with van der Waals surface area (Å²) in [6.07, 6.45) is 2.08. The fourth-order valence-corrected chi connectivity index (χ4v) is 3.00. The van der Waals surface area contributed by atoms with Gasteiger partial charge in [0.05, 0.1) is 5.69 Å². The van der Waals surface area contributed by atoms with Crippen LogP contribution in [0.15, 0.2) is 71.7 Å². The van der Waals surface area contributed by atoms with Crippen LogP contribution in [-0.4, -0.2) is 13.9 Å². The number of allylic oxidation sites excluding steroid dienone is 1. The number of hydrogen-bond donors (Lipinski definition) is 0. The number of halogens is 2. The summed E-state index contributed by atoms with van der Waals surface area (Å²) in [7, 11) is -1.56. The predicted molar refractivity (Wildman–Crippen MR) is 118 cm³/mol.